The molecule has 9 nitrogen and oxygen atoms in total. The molecule has 4 rings (SSSR count). The Bertz CT molecular complexity index is 1230. The lowest BCUT2D eigenvalue weighted by Crippen LogP contribution is -2.50. The SMILES string of the molecule is CC(=O)Nc1c(C#N)c(-c2ccc(O)cc2)nn1C1CCCN(C(=O)O)C1Cc1ccccc1. The van der Waals surface area contributed by atoms with Crippen LogP contribution in [0.1, 0.15) is 36.9 Å². The molecule has 1 aliphatic rings. The molecule has 9 heteroatoms. The minimum atomic E-state index is -1.02. The average Bonchev–Trinajstić information content (AvgIpc) is 3.17. The van der Waals surface area contributed by atoms with Crippen LogP contribution in [0.25, 0.3) is 11.3 Å². The van der Waals surface area contributed by atoms with Gasteiger partial charge >= 0.3 is 6.09 Å². The van der Waals surface area contributed by atoms with Crippen LogP contribution in [0, 0.1) is 11.3 Å². The highest BCUT2D eigenvalue weighted by Crippen LogP contribution is 2.37. The zero-order chi connectivity index (χ0) is 24.2. The number of nitrogens with one attached hydrogen (secondary N) is 1. The van der Waals surface area contributed by atoms with Crippen LogP contribution < -0.4 is 5.32 Å². The summed E-state index contributed by atoms with van der Waals surface area (Å²) >= 11 is 0. The molecule has 3 aromatic rings. The minimum Gasteiger partial charge on any atom is -0.508 e. The van der Waals surface area contributed by atoms with Crippen molar-refractivity contribution < 1.29 is 19.8 Å². The third-order valence-electron chi connectivity index (χ3n) is 6.05. The van der Waals surface area contributed by atoms with Crippen LogP contribution in [0.4, 0.5) is 10.6 Å². The van der Waals surface area contributed by atoms with Crippen molar-refractivity contribution in [3.05, 3.63) is 65.7 Å². The third kappa shape index (κ3) is 4.57. The molecular weight excluding hydrogens is 434 g/mol. The number of phenols is 1. The first-order chi connectivity index (χ1) is 16.4. The van der Waals surface area contributed by atoms with Gasteiger partial charge in [-0.25, -0.2) is 9.48 Å². The molecule has 2 aromatic carbocycles. The molecular formula is C25H25N5O4. The lowest BCUT2D eigenvalue weighted by Gasteiger charge is -2.40. The second kappa shape index (κ2) is 9.67. The predicted molar refractivity (Wildman–Crippen MR) is 125 cm³/mol. The molecule has 1 aromatic heterocycles. The first kappa shape index (κ1) is 22.9. The Morgan fingerprint density at radius 1 is 1.18 bits per heavy atom. The zero-order valence-electron chi connectivity index (χ0n) is 18.7. The summed E-state index contributed by atoms with van der Waals surface area (Å²) in [5.74, 6) is -0.0372. The van der Waals surface area contributed by atoms with Gasteiger partial charge < -0.3 is 20.4 Å². The van der Waals surface area contributed by atoms with Gasteiger partial charge in [0.2, 0.25) is 5.91 Å². The number of piperidine rings is 1. The largest absolute Gasteiger partial charge is 0.508 e. The van der Waals surface area contributed by atoms with Crippen molar-refractivity contribution in [1.82, 2.24) is 14.7 Å². The predicted octanol–water partition coefficient (Wildman–Crippen LogP) is 4.01. The highest BCUT2D eigenvalue weighted by atomic mass is 16.4. The molecule has 0 bridgehead atoms. The van der Waals surface area contributed by atoms with Gasteiger partial charge in [-0.2, -0.15) is 10.4 Å². The van der Waals surface area contributed by atoms with Gasteiger partial charge in [-0.1, -0.05) is 30.3 Å². The number of hydrogen-bond donors (Lipinski definition) is 3. The van der Waals surface area contributed by atoms with Crippen LogP contribution >= 0.6 is 0 Å². The number of aromatic nitrogens is 2. The maximum atomic E-state index is 12.1. The van der Waals surface area contributed by atoms with Crippen molar-refractivity contribution in [1.29, 1.82) is 5.26 Å². The van der Waals surface area contributed by atoms with Gasteiger partial charge in [0.25, 0.3) is 0 Å². The Labute approximate surface area is 196 Å². The maximum absolute atomic E-state index is 12.1. The molecule has 2 heterocycles. The monoisotopic (exact) mass is 459 g/mol. The molecule has 3 N–H and O–H groups in total. The number of benzene rings is 2. The smallest absolute Gasteiger partial charge is 0.407 e. The number of carbonyl (C=O) groups is 2. The Kier molecular flexibility index (Phi) is 6.50. The Hall–Kier alpha value is -4.32. The van der Waals surface area contributed by atoms with E-state index in [1.54, 1.807) is 16.8 Å². The molecule has 1 saturated heterocycles. The molecule has 0 aliphatic carbocycles. The van der Waals surface area contributed by atoms with Gasteiger partial charge in [0, 0.05) is 19.0 Å². The highest BCUT2D eigenvalue weighted by Gasteiger charge is 2.38. The molecule has 2 amide bonds. The number of nitrogens with zero attached hydrogens (tertiary/aromatic N) is 4. The van der Waals surface area contributed by atoms with Crippen molar-refractivity contribution in [3.63, 3.8) is 0 Å². The normalized spacial score (nSPS) is 17.7. The van der Waals surface area contributed by atoms with Crippen LogP contribution in [-0.2, 0) is 11.2 Å². The number of hydrogen-bond acceptors (Lipinski definition) is 5. The summed E-state index contributed by atoms with van der Waals surface area (Å²) in [5, 5.41) is 37.0. The van der Waals surface area contributed by atoms with Crippen LogP contribution in [0.15, 0.2) is 54.6 Å². The lowest BCUT2D eigenvalue weighted by molar-refractivity contribution is -0.114. The second-order valence-corrected chi connectivity index (χ2v) is 8.30. The van der Waals surface area contributed by atoms with Crippen molar-refractivity contribution in [2.75, 3.05) is 11.9 Å². The molecule has 174 valence electrons. The van der Waals surface area contributed by atoms with E-state index in [1.165, 1.54) is 24.0 Å². The van der Waals surface area contributed by atoms with Crippen molar-refractivity contribution >= 4 is 17.8 Å². The fourth-order valence-corrected chi connectivity index (χ4v) is 4.55. The summed E-state index contributed by atoms with van der Waals surface area (Å²) in [6.45, 7) is 1.75. The molecule has 2 atom stereocenters. The molecule has 34 heavy (non-hydrogen) atoms. The van der Waals surface area contributed by atoms with Crippen LogP contribution in [0.3, 0.4) is 0 Å². The topological polar surface area (TPSA) is 131 Å². The van der Waals surface area contributed by atoms with Gasteiger partial charge in [0.05, 0.1) is 12.1 Å². The van der Waals surface area contributed by atoms with Crippen LogP contribution in [0.5, 0.6) is 5.75 Å². The number of nitriles is 1. The Balaban J connectivity index is 1.85. The van der Waals surface area contributed by atoms with E-state index < -0.39 is 18.2 Å². The number of carbonyl (C=O) groups excluding carboxylic acids is 1. The van der Waals surface area contributed by atoms with Gasteiger partial charge in [0.15, 0.2) is 0 Å². The minimum absolute atomic E-state index is 0.0797. The van der Waals surface area contributed by atoms with Crippen molar-refractivity contribution in [2.24, 2.45) is 0 Å². The fraction of sp³-hybridized carbons (Fsp3) is 0.280. The fourth-order valence-electron chi connectivity index (χ4n) is 4.55. The molecule has 0 saturated carbocycles. The summed E-state index contributed by atoms with van der Waals surface area (Å²) < 4.78 is 1.60. The number of rotatable bonds is 5. The summed E-state index contributed by atoms with van der Waals surface area (Å²) in [4.78, 5) is 25.6. The summed E-state index contributed by atoms with van der Waals surface area (Å²) in [6, 6.07) is 17.2. The molecule has 0 radical (unpaired) electrons. The van der Waals surface area contributed by atoms with Gasteiger partial charge in [0.1, 0.15) is 28.9 Å². The third-order valence-corrected chi connectivity index (χ3v) is 6.05. The molecule has 1 fully saturated rings. The molecule has 0 spiro atoms. The van der Waals surface area contributed by atoms with E-state index in [4.69, 9.17) is 5.10 Å². The number of phenolic OH excluding ortho intramolecular Hbond substituents is 1. The van der Waals surface area contributed by atoms with E-state index in [-0.39, 0.29) is 23.0 Å². The first-order valence-corrected chi connectivity index (χ1v) is 11.0. The number of aromatic hydroxyl groups is 1. The zero-order valence-corrected chi connectivity index (χ0v) is 18.7. The van der Waals surface area contributed by atoms with E-state index in [2.05, 4.69) is 11.4 Å². The van der Waals surface area contributed by atoms with Crippen LogP contribution in [0.2, 0.25) is 0 Å². The van der Waals surface area contributed by atoms with E-state index in [1.807, 2.05) is 30.3 Å². The summed E-state index contributed by atoms with van der Waals surface area (Å²) in [5.41, 5.74) is 2.13. The number of carboxylic acid groups (broad SMARTS) is 1. The van der Waals surface area contributed by atoms with Crippen LogP contribution in [-0.4, -0.2) is 49.5 Å². The second-order valence-electron chi connectivity index (χ2n) is 8.30. The Morgan fingerprint density at radius 2 is 1.88 bits per heavy atom. The van der Waals surface area contributed by atoms with Crippen molar-refractivity contribution in [2.45, 2.75) is 38.3 Å². The number of anilines is 1. The van der Waals surface area contributed by atoms with E-state index in [0.717, 1.165) is 5.56 Å². The van der Waals surface area contributed by atoms with Gasteiger partial charge in [-0.05, 0) is 49.1 Å². The standard InChI is InChI=1S/C25H25N5O4/c1-16(31)27-24-20(15-26)23(18-9-11-19(32)12-10-18)28-30(24)21-8-5-13-29(25(33)34)22(21)14-17-6-3-2-4-7-17/h2-4,6-7,9-12,21-22,32H,5,8,13-14H2,1H3,(H,27,31)(H,33,34). The maximum Gasteiger partial charge on any atom is 0.407 e. The summed E-state index contributed by atoms with van der Waals surface area (Å²) in [7, 11) is 0. The van der Waals surface area contributed by atoms with E-state index in [9.17, 15) is 25.1 Å². The van der Waals surface area contributed by atoms with E-state index in [0.29, 0.717) is 37.1 Å². The quantitative estimate of drug-likeness (QED) is 0.528. The van der Waals surface area contributed by atoms with E-state index >= 15 is 0 Å². The number of likely N-dealkylation sites (tertiary alicyclic amines) is 1. The average molecular weight is 460 g/mol. The first-order valence-electron chi connectivity index (χ1n) is 11.0. The lowest BCUT2D eigenvalue weighted by atomic mass is 9.91. The van der Waals surface area contributed by atoms with Gasteiger partial charge in [-0.3, -0.25) is 4.79 Å². The molecule has 1 aliphatic heterocycles. The molecule has 2 unspecified atom stereocenters. The van der Waals surface area contributed by atoms with Gasteiger partial charge in [-0.15, -0.1) is 0 Å². The highest BCUT2D eigenvalue weighted by molar-refractivity contribution is 5.91. The Morgan fingerprint density at radius 3 is 2.50 bits per heavy atom. The number of amides is 2. The van der Waals surface area contributed by atoms with Crippen molar-refractivity contribution in [3.8, 4) is 23.1 Å². The summed E-state index contributed by atoms with van der Waals surface area (Å²) in [6.07, 6.45) is 0.708.